The van der Waals surface area contributed by atoms with E-state index >= 15 is 0 Å². The van der Waals surface area contributed by atoms with Crippen LogP contribution in [-0.2, 0) is 4.74 Å². The standard InChI is InChI=1S/C12H10N2O2S/c1-16-11(15)9-7-13-12(17)14-10(9)8-5-3-2-4-6-8/h2-7H,1H3,(H,13,14,17). The second-order valence-electron chi connectivity index (χ2n) is 3.33. The van der Waals surface area contributed by atoms with Crippen LogP contribution in [-0.4, -0.2) is 23.0 Å². The van der Waals surface area contributed by atoms with Gasteiger partial charge >= 0.3 is 5.97 Å². The van der Waals surface area contributed by atoms with Gasteiger partial charge in [0.05, 0.1) is 12.8 Å². The summed E-state index contributed by atoms with van der Waals surface area (Å²) in [6, 6.07) is 9.43. The highest BCUT2D eigenvalue weighted by atomic mass is 32.1. The third-order valence-corrected chi connectivity index (χ3v) is 2.49. The van der Waals surface area contributed by atoms with Crippen molar-refractivity contribution < 1.29 is 9.53 Å². The van der Waals surface area contributed by atoms with Crippen LogP contribution in [0, 0.1) is 4.77 Å². The highest BCUT2D eigenvalue weighted by Crippen LogP contribution is 2.20. The van der Waals surface area contributed by atoms with Gasteiger partial charge in [-0.15, -0.1) is 0 Å². The molecule has 17 heavy (non-hydrogen) atoms. The second-order valence-corrected chi connectivity index (χ2v) is 3.72. The first-order chi connectivity index (χ1) is 8.22. The van der Waals surface area contributed by atoms with Crippen LogP contribution in [0.15, 0.2) is 36.5 Å². The van der Waals surface area contributed by atoms with E-state index in [1.807, 2.05) is 30.3 Å². The molecule has 1 heterocycles. The molecule has 1 N–H and O–H groups in total. The Hall–Kier alpha value is -2.01. The summed E-state index contributed by atoms with van der Waals surface area (Å²) in [5.41, 5.74) is 1.85. The number of hydrogen-bond acceptors (Lipinski definition) is 4. The minimum Gasteiger partial charge on any atom is -0.465 e. The number of methoxy groups -OCH3 is 1. The van der Waals surface area contributed by atoms with Gasteiger partial charge in [0.1, 0.15) is 5.56 Å². The highest BCUT2D eigenvalue weighted by Gasteiger charge is 2.13. The largest absolute Gasteiger partial charge is 0.465 e. The number of carbonyl (C=O) groups is 1. The summed E-state index contributed by atoms with van der Waals surface area (Å²) < 4.78 is 5.04. The Bertz CT molecular complexity index is 593. The maximum atomic E-state index is 11.6. The van der Waals surface area contributed by atoms with Crippen molar-refractivity contribution in [3.63, 3.8) is 0 Å². The number of aromatic nitrogens is 2. The molecule has 4 nitrogen and oxygen atoms in total. The molecular weight excluding hydrogens is 236 g/mol. The zero-order valence-electron chi connectivity index (χ0n) is 9.14. The predicted molar refractivity (Wildman–Crippen MR) is 66.2 cm³/mol. The Kier molecular flexibility index (Phi) is 3.30. The van der Waals surface area contributed by atoms with Gasteiger partial charge in [0.2, 0.25) is 0 Å². The predicted octanol–water partition coefficient (Wildman–Crippen LogP) is 2.59. The van der Waals surface area contributed by atoms with E-state index in [-0.39, 0.29) is 0 Å². The van der Waals surface area contributed by atoms with E-state index < -0.39 is 5.97 Å². The van der Waals surface area contributed by atoms with Crippen molar-refractivity contribution in [1.29, 1.82) is 0 Å². The van der Waals surface area contributed by atoms with Gasteiger partial charge in [-0.1, -0.05) is 30.3 Å². The number of hydrogen-bond donors (Lipinski definition) is 1. The molecule has 2 rings (SSSR count). The van der Waals surface area contributed by atoms with E-state index in [9.17, 15) is 4.79 Å². The molecule has 0 amide bonds. The summed E-state index contributed by atoms with van der Waals surface area (Å²) in [4.78, 5) is 18.4. The average molecular weight is 246 g/mol. The van der Waals surface area contributed by atoms with Crippen molar-refractivity contribution in [2.75, 3.05) is 7.11 Å². The van der Waals surface area contributed by atoms with Crippen LogP contribution < -0.4 is 0 Å². The third-order valence-electron chi connectivity index (χ3n) is 2.28. The van der Waals surface area contributed by atoms with Crippen LogP contribution in [0.3, 0.4) is 0 Å². The van der Waals surface area contributed by atoms with Crippen molar-refractivity contribution in [3.05, 3.63) is 46.9 Å². The summed E-state index contributed by atoms with van der Waals surface area (Å²) in [5.74, 6) is -0.442. The Morgan fingerprint density at radius 2 is 2.06 bits per heavy atom. The van der Waals surface area contributed by atoms with Gasteiger partial charge in [0.15, 0.2) is 4.77 Å². The number of carbonyl (C=O) groups excluding carboxylic acids is 1. The van der Waals surface area contributed by atoms with E-state index in [1.165, 1.54) is 13.3 Å². The molecule has 0 unspecified atom stereocenters. The number of ether oxygens (including phenoxy) is 1. The van der Waals surface area contributed by atoms with Crippen molar-refractivity contribution in [2.45, 2.75) is 0 Å². The molecule has 5 heteroatoms. The normalized spacial score (nSPS) is 9.94. The molecule has 0 aliphatic rings. The first kappa shape index (κ1) is 11.5. The van der Waals surface area contributed by atoms with Crippen molar-refractivity contribution in [3.8, 4) is 11.3 Å². The summed E-state index contributed by atoms with van der Waals surface area (Å²) in [5, 5.41) is 0. The van der Waals surface area contributed by atoms with E-state index in [0.29, 0.717) is 16.0 Å². The molecular formula is C12H10N2O2S. The molecule has 0 aliphatic carbocycles. The van der Waals surface area contributed by atoms with Crippen LogP contribution in [0.5, 0.6) is 0 Å². The molecule has 0 saturated heterocycles. The number of aromatic amines is 1. The van der Waals surface area contributed by atoms with Crippen molar-refractivity contribution >= 4 is 18.2 Å². The smallest absolute Gasteiger partial charge is 0.341 e. The molecule has 0 aliphatic heterocycles. The first-order valence-electron chi connectivity index (χ1n) is 4.95. The van der Waals surface area contributed by atoms with Gasteiger partial charge < -0.3 is 9.72 Å². The summed E-state index contributed by atoms with van der Waals surface area (Å²) in [6.07, 6.45) is 1.42. The molecule has 0 bridgehead atoms. The quantitative estimate of drug-likeness (QED) is 0.653. The zero-order valence-corrected chi connectivity index (χ0v) is 9.95. The van der Waals surface area contributed by atoms with Gasteiger partial charge in [-0.05, 0) is 17.8 Å². The van der Waals surface area contributed by atoms with Gasteiger partial charge in [-0.3, -0.25) is 0 Å². The molecule has 0 radical (unpaired) electrons. The van der Waals surface area contributed by atoms with Gasteiger partial charge in [0.25, 0.3) is 0 Å². The number of nitrogens with one attached hydrogen (secondary N) is 1. The lowest BCUT2D eigenvalue weighted by Gasteiger charge is -2.07. The van der Waals surface area contributed by atoms with Crippen molar-refractivity contribution in [1.82, 2.24) is 9.97 Å². The molecule has 1 aromatic heterocycles. The van der Waals surface area contributed by atoms with Crippen LogP contribution >= 0.6 is 12.2 Å². The number of rotatable bonds is 2. The van der Waals surface area contributed by atoms with Gasteiger partial charge in [0, 0.05) is 6.20 Å². The number of benzene rings is 1. The molecule has 0 saturated carbocycles. The molecule has 0 atom stereocenters. The zero-order chi connectivity index (χ0) is 12.3. The van der Waals surface area contributed by atoms with Crippen LogP contribution in [0.4, 0.5) is 0 Å². The fourth-order valence-electron chi connectivity index (χ4n) is 1.49. The summed E-state index contributed by atoms with van der Waals surface area (Å²) >= 11 is 4.96. The molecule has 0 spiro atoms. The Morgan fingerprint density at radius 1 is 1.35 bits per heavy atom. The second kappa shape index (κ2) is 4.88. The van der Waals surface area contributed by atoms with E-state index in [0.717, 1.165) is 5.56 Å². The molecule has 2 aromatic rings. The monoisotopic (exact) mass is 246 g/mol. The average Bonchev–Trinajstić information content (AvgIpc) is 2.39. The number of esters is 1. The fraction of sp³-hybridized carbons (Fsp3) is 0.0833. The van der Waals surface area contributed by atoms with E-state index in [4.69, 9.17) is 17.0 Å². The Morgan fingerprint density at radius 3 is 2.71 bits per heavy atom. The lowest BCUT2D eigenvalue weighted by Crippen LogP contribution is -2.06. The Balaban J connectivity index is 2.63. The topological polar surface area (TPSA) is 55.0 Å². The van der Waals surface area contributed by atoms with Gasteiger partial charge in [-0.25, -0.2) is 9.78 Å². The summed E-state index contributed by atoms with van der Waals surface area (Å²) in [6.45, 7) is 0. The van der Waals surface area contributed by atoms with Crippen LogP contribution in [0.1, 0.15) is 10.4 Å². The molecule has 1 aromatic carbocycles. The van der Waals surface area contributed by atoms with E-state index in [2.05, 4.69) is 9.97 Å². The molecule has 0 fully saturated rings. The maximum Gasteiger partial charge on any atom is 0.341 e. The molecule has 86 valence electrons. The summed E-state index contributed by atoms with van der Waals surface area (Å²) in [7, 11) is 1.33. The van der Waals surface area contributed by atoms with Crippen molar-refractivity contribution in [2.24, 2.45) is 0 Å². The number of H-pyrrole nitrogens is 1. The Labute approximate surface area is 103 Å². The lowest BCUT2D eigenvalue weighted by molar-refractivity contribution is 0.0600. The lowest BCUT2D eigenvalue weighted by atomic mass is 10.1. The van der Waals surface area contributed by atoms with Crippen LogP contribution in [0.2, 0.25) is 0 Å². The first-order valence-corrected chi connectivity index (χ1v) is 5.36. The number of nitrogens with zero attached hydrogens (tertiary/aromatic N) is 1. The minimum atomic E-state index is -0.442. The maximum absolute atomic E-state index is 11.6. The van der Waals surface area contributed by atoms with Crippen LogP contribution in [0.25, 0.3) is 11.3 Å². The minimum absolute atomic E-state index is 0.330. The van der Waals surface area contributed by atoms with Gasteiger partial charge in [-0.2, -0.15) is 0 Å². The SMILES string of the molecule is COC(=O)c1cnc(=S)[nH]c1-c1ccccc1. The fourth-order valence-corrected chi connectivity index (χ4v) is 1.65. The van der Waals surface area contributed by atoms with E-state index in [1.54, 1.807) is 0 Å². The third kappa shape index (κ3) is 2.39. The highest BCUT2D eigenvalue weighted by molar-refractivity contribution is 7.71.